The third-order valence-corrected chi connectivity index (χ3v) is 6.36. The van der Waals surface area contributed by atoms with Crippen LogP contribution in [0.1, 0.15) is 45.6 Å². The highest BCUT2D eigenvalue weighted by molar-refractivity contribution is 5.13. The molecular formula is C23H40N2O2+2. The second-order valence-corrected chi connectivity index (χ2v) is 9.89. The molecule has 0 bridgehead atoms. The second kappa shape index (κ2) is 9.51. The van der Waals surface area contributed by atoms with Crippen molar-refractivity contribution in [1.82, 2.24) is 0 Å². The monoisotopic (exact) mass is 376 g/mol. The van der Waals surface area contributed by atoms with Gasteiger partial charge in [-0.05, 0) is 30.6 Å². The highest BCUT2D eigenvalue weighted by atomic mass is 16.5. The average Bonchev–Trinajstić information content (AvgIpc) is 2.61. The smallest absolute Gasteiger partial charge is 0.127 e. The summed E-state index contributed by atoms with van der Waals surface area (Å²) >= 11 is 0. The first kappa shape index (κ1) is 20.8. The van der Waals surface area contributed by atoms with Crippen molar-refractivity contribution in [2.75, 3.05) is 39.3 Å². The Morgan fingerprint density at radius 1 is 1.07 bits per heavy atom. The number of nitrogens with one attached hydrogen (secondary N) is 2. The van der Waals surface area contributed by atoms with Crippen LogP contribution in [0, 0.1) is 11.3 Å². The van der Waals surface area contributed by atoms with Crippen molar-refractivity contribution in [1.29, 1.82) is 0 Å². The van der Waals surface area contributed by atoms with Gasteiger partial charge in [-0.3, -0.25) is 0 Å². The van der Waals surface area contributed by atoms with Gasteiger partial charge in [-0.1, -0.05) is 51.1 Å². The summed E-state index contributed by atoms with van der Waals surface area (Å²) in [6.07, 6.45) is 3.54. The van der Waals surface area contributed by atoms with Crippen LogP contribution in [0.5, 0.6) is 0 Å². The molecule has 0 radical (unpaired) electrons. The number of ether oxygens (including phenoxy) is 1. The average molecular weight is 377 g/mol. The molecule has 4 nitrogen and oxygen atoms in total. The number of hydrogen-bond donors (Lipinski definition) is 3. The van der Waals surface area contributed by atoms with E-state index in [-0.39, 0.29) is 6.10 Å². The van der Waals surface area contributed by atoms with Gasteiger partial charge in [-0.15, -0.1) is 0 Å². The Balaban J connectivity index is 1.34. The van der Waals surface area contributed by atoms with Crippen molar-refractivity contribution < 1.29 is 19.6 Å². The highest BCUT2D eigenvalue weighted by Crippen LogP contribution is 2.39. The molecule has 0 unspecified atom stereocenters. The summed E-state index contributed by atoms with van der Waals surface area (Å²) in [4.78, 5) is 3.19. The molecule has 152 valence electrons. The summed E-state index contributed by atoms with van der Waals surface area (Å²) in [6.45, 7) is 14.1. The number of hydrogen-bond acceptors (Lipinski definition) is 2. The molecular weight excluding hydrogens is 336 g/mol. The van der Waals surface area contributed by atoms with Crippen LogP contribution in [0.4, 0.5) is 0 Å². The van der Waals surface area contributed by atoms with Gasteiger partial charge in [0.05, 0.1) is 12.7 Å². The number of aliphatic hydroxyl groups excluding tert-OH is 1. The van der Waals surface area contributed by atoms with E-state index in [4.69, 9.17) is 4.74 Å². The standard InChI is InChI=1S/C23H38N2O2/c1-19-13-22(15-23(2,3)14-19)27-18-21(26)17-25-11-9-24(10-12-25)16-20-7-5-4-6-8-20/h4-8,19,21-22,26H,9-18H2,1-3H3/p+2/t19-,21-,22+/m1/s1. The molecule has 1 aromatic carbocycles. The first-order valence-corrected chi connectivity index (χ1v) is 10.9. The van der Waals surface area contributed by atoms with E-state index < -0.39 is 0 Å². The topological polar surface area (TPSA) is 38.3 Å². The molecule has 3 rings (SSSR count). The van der Waals surface area contributed by atoms with E-state index in [1.807, 2.05) is 0 Å². The van der Waals surface area contributed by atoms with Crippen LogP contribution in [-0.4, -0.2) is 56.6 Å². The Morgan fingerprint density at radius 3 is 2.41 bits per heavy atom. The fourth-order valence-corrected chi connectivity index (χ4v) is 5.25. The molecule has 1 saturated heterocycles. The van der Waals surface area contributed by atoms with Crippen LogP contribution < -0.4 is 9.80 Å². The number of piperazine rings is 1. The van der Waals surface area contributed by atoms with Gasteiger partial charge < -0.3 is 19.6 Å². The Labute approximate surface area is 165 Å². The molecule has 0 spiro atoms. The molecule has 1 heterocycles. The lowest BCUT2D eigenvalue weighted by Crippen LogP contribution is -3.28. The summed E-state index contributed by atoms with van der Waals surface area (Å²) in [5.41, 5.74) is 1.80. The predicted molar refractivity (Wildman–Crippen MR) is 109 cm³/mol. The minimum Gasteiger partial charge on any atom is -0.385 e. The number of benzene rings is 1. The summed E-state index contributed by atoms with van der Waals surface area (Å²) in [5.74, 6) is 0.724. The molecule has 3 atom stereocenters. The van der Waals surface area contributed by atoms with Crippen LogP contribution in [-0.2, 0) is 11.3 Å². The summed E-state index contributed by atoms with van der Waals surface area (Å²) in [7, 11) is 0. The van der Waals surface area contributed by atoms with Crippen molar-refractivity contribution in [3.05, 3.63) is 35.9 Å². The molecule has 1 aliphatic carbocycles. The quantitative estimate of drug-likeness (QED) is 0.651. The molecule has 1 aliphatic heterocycles. The van der Waals surface area contributed by atoms with E-state index in [2.05, 4.69) is 51.1 Å². The van der Waals surface area contributed by atoms with Gasteiger partial charge in [-0.25, -0.2) is 0 Å². The van der Waals surface area contributed by atoms with Crippen LogP contribution in [0.15, 0.2) is 30.3 Å². The van der Waals surface area contributed by atoms with E-state index in [0.29, 0.717) is 18.1 Å². The number of rotatable bonds is 7. The van der Waals surface area contributed by atoms with Crippen LogP contribution in [0.2, 0.25) is 0 Å². The van der Waals surface area contributed by atoms with Gasteiger partial charge in [0.1, 0.15) is 45.4 Å². The predicted octanol–water partition coefficient (Wildman–Crippen LogP) is 0.562. The lowest BCUT2D eigenvalue weighted by molar-refractivity contribution is -1.02. The van der Waals surface area contributed by atoms with Crippen molar-refractivity contribution >= 4 is 0 Å². The van der Waals surface area contributed by atoms with Crippen LogP contribution in [0.25, 0.3) is 0 Å². The number of quaternary nitrogens is 2. The maximum atomic E-state index is 10.5. The van der Waals surface area contributed by atoms with E-state index in [9.17, 15) is 5.11 Å². The van der Waals surface area contributed by atoms with Gasteiger partial charge in [0.15, 0.2) is 0 Å². The second-order valence-electron chi connectivity index (χ2n) is 9.89. The maximum Gasteiger partial charge on any atom is 0.127 e. The van der Waals surface area contributed by atoms with Gasteiger partial charge in [0.2, 0.25) is 0 Å². The molecule has 2 aliphatic rings. The van der Waals surface area contributed by atoms with Gasteiger partial charge in [0, 0.05) is 5.56 Å². The molecule has 3 N–H and O–H groups in total. The maximum absolute atomic E-state index is 10.5. The van der Waals surface area contributed by atoms with Gasteiger partial charge in [-0.2, -0.15) is 0 Å². The van der Waals surface area contributed by atoms with Crippen molar-refractivity contribution in [2.45, 2.75) is 58.8 Å². The van der Waals surface area contributed by atoms with Crippen LogP contribution >= 0.6 is 0 Å². The third-order valence-electron chi connectivity index (χ3n) is 6.36. The molecule has 4 heteroatoms. The van der Waals surface area contributed by atoms with Gasteiger partial charge in [0.25, 0.3) is 0 Å². The number of aliphatic hydroxyl groups is 1. The SMILES string of the molecule is C[C@@H]1C[C@H](OC[C@H](O)C[NH+]2CC[NH+](Cc3ccccc3)CC2)CC(C)(C)C1. The van der Waals surface area contributed by atoms with E-state index >= 15 is 0 Å². The Hall–Kier alpha value is -0.940. The van der Waals surface area contributed by atoms with Crippen LogP contribution in [0.3, 0.4) is 0 Å². The van der Waals surface area contributed by atoms with E-state index in [1.165, 1.54) is 30.0 Å². The first-order chi connectivity index (χ1) is 12.9. The van der Waals surface area contributed by atoms with Crippen molar-refractivity contribution in [3.8, 4) is 0 Å². The zero-order valence-corrected chi connectivity index (χ0v) is 17.5. The highest BCUT2D eigenvalue weighted by Gasteiger charge is 2.33. The summed E-state index contributed by atoms with van der Waals surface area (Å²) in [6, 6.07) is 10.8. The first-order valence-electron chi connectivity index (χ1n) is 10.9. The summed E-state index contributed by atoms with van der Waals surface area (Å²) < 4.78 is 6.12. The van der Waals surface area contributed by atoms with E-state index in [0.717, 1.165) is 44.9 Å². The Bertz CT molecular complexity index is 555. The zero-order chi connectivity index (χ0) is 19.3. The van der Waals surface area contributed by atoms with Crippen molar-refractivity contribution in [3.63, 3.8) is 0 Å². The van der Waals surface area contributed by atoms with E-state index in [1.54, 1.807) is 4.90 Å². The molecule has 27 heavy (non-hydrogen) atoms. The van der Waals surface area contributed by atoms with Gasteiger partial charge >= 0.3 is 0 Å². The fourth-order valence-electron chi connectivity index (χ4n) is 5.25. The molecule has 0 aromatic heterocycles. The summed E-state index contributed by atoms with van der Waals surface area (Å²) in [5, 5.41) is 10.5. The van der Waals surface area contributed by atoms with Crippen molar-refractivity contribution in [2.24, 2.45) is 11.3 Å². The largest absolute Gasteiger partial charge is 0.385 e. The molecule has 1 saturated carbocycles. The Kier molecular flexibility index (Phi) is 7.32. The molecule has 2 fully saturated rings. The minimum absolute atomic E-state index is 0.320. The third kappa shape index (κ3) is 6.86. The molecule has 0 amide bonds. The normalized spacial score (nSPS) is 32.1. The lowest BCUT2D eigenvalue weighted by Gasteiger charge is -2.39. The zero-order valence-electron chi connectivity index (χ0n) is 17.5. The minimum atomic E-state index is -0.337. The Morgan fingerprint density at radius 2 is 1.74 bits per heavy atom. The lowest BCUT2D eigenvalue weighted by atomic mass is 9.71. The molecule has 1 aromatic rings. The fraction of sp³-hybridized carbons (Fsp3) is 0.739.